The highest BCUT2D eigenvalue weighted by molar-refractivity contribution is 5.95. The average Bonchev–Trinajstić information content (AvgIpc) is 3.61. The number of benzene rings is 2. The van der Waals surface area contributed by atoms with Gasteiger partial charge in [-0.15, -0.1) is 0 Å². The fourth-order valence-electron chi connectivity index (χ4n) is 4.21. The van der Waals surface area contributed by atoms with Gasteiger partial charge in [-0.25, -0.2) is 9.97 Å². The Morgan fingerprint density at radius 2 is 1.73 bits per heavy atom. The summed E-state index contributed by atoms with van der Waals surface area (Å²) in [5.41, 5.74) is 6.28. The molecule has 1 aliphatic rings. The molecule has 2 aromatic carbocycles. The molecule has 0 saturated heterocycles. The summed E-state index contributed by atoms with van der Waals surface area (Å²) >= 11 is 0. The van der Waals surface area contributed by atoms with Crippen LogP contribution >= 0.6 is 0 Å². The quantitative estimate of drug-likeness (QED) is 0.301. The number of fused-ring (bicyclic) bond motifs is 1. The summed E-state index contributed by atoms with van der Waals surface area (Å²) in [4.78, 5) is 33.4. The van der Waals surface area contributed by atoms with Crippen molar-refractivity contribution < 1.29 is 9.59 Å². The number of aryl methyl sites for hydroxylation is 1. The van der Waals surface area contributed by atoms with Gasteiger partial charge in [0.2, 0.25) is 0 Å². The number of aromatic nitrogens is 3. The maximum atomic E-state index is 12.4. The van der Waals surface area contributed by atoms with Crippen molar-refractivity contribution in [2.24, 2.45) is 5.92 Å². The molecule has 0 unspecified atom stereocenters. The molecule has 190 valence electrons. The number of nitrogens with zero attached hydrogens (tertiary/aromatic N) is 3. The molecule has 5 rings (SSSR count). The molecule has 0 bridgehead atoms. The number of amides is 1. The van der Waals surface area contributed by atoms with Crippen LogP contribution in [-0.4, -0.2) is 38.6 Å². The molecule has 2 aromatic heterocycles. The largest absolute Gasteiger partial charge is 0.367 e. The lowest BCUT2D eigenvalue weighted by Gasteiger charge is -2.13. The minimum atomic E-state index is -0.0226. The molecule has 2 N–H and O–H groups in total. The van der Waals surface area contributed by atoms with E-state index in [1.807, 2.05) is 36.7 Å². The highest BCUT2D eigenvalue weighted by Gasteiger charge is 2.23. The zero-order valence-electron chi connectivity index (χ0n) is 21.6. The van der Waals surface area contributed by atoms with Crippen LogP contribution in [0.1, 0.15) is 56.0 Å². The predicted molar refractivity (Wildman–Crippen MR) is 147 cm³/mol. The molecule has 7 heteroatoms. The van der Waals surface area contributed by atoms with E-state index in [-0.39, 0.29) is 11.7 Å². The van der Waals surface area contributed by atoms with Crippen molar-refractivity contribution in [1.29, 1.82) is 0 Å². The number of rotatable bonds is 10. The third kappa shape index (κ3) is 5.88. The number of carbonyl (C=O) groups excluding carboxylic acids is 2. The van der Waals surface area contributed by atoms with Gasteiger partial charge in [0, 0.05) is 41.9 Å². The van der Waals surface area contributed by atoms with Crippen molar-refractivity contribution in [1.82, 2.24) is 19.7 Å². The Kier molecular flexibility index (Phi) is 7.04. The van der Waals surface area contributed by atoms with Gasteiger partial charge in [-0.1, -0.05) is 50.2 Å². The molecule has 0 spiro atoms. The molecule has 1 aliphatic carbocycles. The van der Waals surface area contributed by atoms with Crippen LogP contribution in [-0.2, 0) is 11.2 Å². The number of carbonyl (C=O) groups is 2. The number of anilines is 1. The summed E-state index contributed by atoms with van der Waals surface area (Å²) in [6.45, 7) is 6.72. The van der Waals surface area contributed by atoms with Gasteiger partial charge in [0.1, 0.15) is 5.78 Å². The van der Waals surface area contributed by atoms with Crippen molar-refractivity contribution in [3.8, 4) is 22.5 Å². The summed E-state index contributed by atoms with van der Waals surface area (Å²) < 4.78 is 2.06. The van der Waals surface area contributed by atoms with Crippen molar-refractivity contribution >= 4 is 23.2 Å². The monoisotopic (exact) mass is 495 g/mol. The minimum Gasteiger partial charge on any atom is -0.367 e. The Balaban J connectivity index is 1.49. The van der Waals surface area contributed by atoms with Crippen LogP contribution in [0.25, 0.3) is 28.2 Å². The Morgan fingerprint density at radius 3 is 2.38 bits per heavy atom. The number of Topliss-reactive ketones (excluding diaryl/α,β-unsaturated/α-hetero) is 1. The van der Waals surface area contributed by atoms with Gasteiger partial charge in [-0.3, -0.25) is 9.20 Å². The first-order valence-corrected chi connectivity index (χ1v) is 13.0. The zero-order valence-corrected chi connectivity index (χ0v) is 21.6. The molecular formula is C30H33N5O2. The number of nitrogens with one attached hydrogen (secondary N) is 2. The van der Waals surface area contributed by atoms with Crippen LogP contribution in [0, 0.1) is 5.92 Å². The third-order valence-corrected chi connectivity index (χ3v) is 6.54. The molecule has 0 radical (unpaired) electrons. The number of hydrogen-bond donors (Lipinski definition) is 2. The Hall–Kier alpha value is -4.00. The third-order valence-electron chi connectivity index (χ3n) is 6.54. The molecule has 7 nitrogen and oxygen atoms in total. The van der Waals surface area contributed by atoms with Gasteiger partial charge < -0.3 is 15.4 Å². The highest BCUT2D eigenvalue weighted by Crippen LogP contribution is 2.29. The van der Waals surface area contributed by atoms with E-state index in [1.54, 1.807) is 6.92 Å². The first-order chi connectivity index (χ1) is 17.9. The van der Waals surface area contributed by atoms with Gasteiger partial charge in [-0.2, -0.15) is 0 Å². The molecule has 1 amide bonds. The number of hydrogen-bond acceptors (Lipinski definition) is 5. The molecule has 1 saturated carbocycles. The normalized spacial score (nSPS) is 13.2. The van der Waals surface area contributed by atoms with E-state index in [2.05, 4.69) is 53.1 Å². The van der Waals surface area contributed by atoms with Crippen LogP contribution in [0.5, 0.6) is 0 Å². The topological polar surface area (TPSA) is 88.4 Å². The van der Waals surface area contributed by atoms with Crippen molar-refractivity contribution in [2.75, 3.05) is 11.9 Å². The first kappa shape index (κ1) is 24.7. The van der Waals surface area contributed by atoms with Gasteiger partial charge in [0.25, 0.3) is 5.91 Å². The van der Waals surface area contributed by atoms with Crippen molar-refractivity contribution in [3.05, 3.63) is 72.1 Å². The minimum absolute atomic E-state index is 0.0226. The second kappa shape index (κ2) is 10.5. The Bertz CT molecular complexity index is 1420. The van der Waals surface area contributed by atoms with Gasteiger partial charge >= 0.3 is 0 Å². The van der Waals surface area contributed by atoms with E-state index in [0.29, 0.717) is 23.9 Å². The Labute approximate surface area is 217 Å². The summed E-state index contributed by atoms with van der Waals surface area (Å²) in [5.74, 6) is 1.36. The summed E-state index contributed by atoms with van der Waals surface area (Å²) in [6, 6.07) is 16.2. The predicted octanol–water partition coefficient (Wildman–Crippen LogP) is 5.55. The van der Waals surface area contributed by atoms with E-state index < -0.39 is 0 Å². The van der Waals surface area contributed by atoms with Crippen LogP contribution in [0.4, 0.5) is 5.82 Å². The van der Waals surface area contributed by atoms with E-state index in [9.17, 15) is 9.59 Å². The van der Waals surface area contributed by atoms with Gasteiger partial charge in [0.15, 0.2) is 11.5 Å². The molecule has 1 fully saturated rings. The number of imidazole rings is 1. The number of ketones is 1. The van der Waals surface area contributed by atoms with E-state index in [1.165, 1.54) is 0 Å². The molecular weight excluding hydrogens is 462 g/mol. The van der Waals surface area contributed by atoms with E-state index >= 15 is 0 Å². The maximum Gasteiger partial charge on any atom is 0.251 e. The lowest BCUT2D eigenvalue weighted by molar-refractivity contribution is -0.116. The second-order valence-electron chi connectivity index (χ2n) is 10.3. The van der Waals surface area contributed by atoms with Crippen molar-refractivity contribution in [3.63, 3.8) is 0 Å². The standard InChI is InChI=1S/C30H33N5O2/c1-19(2)16-31-28-29-32-17-27(23-10-12-24(13-11-23)30(37)33-25-14-15-25)35(29)18-26(34-28)22-8-6-21(7-9-22)5-4-20(3)36/h6-13,17-19,25H,4-5,14-16H2,1-3H3,(H,31,34)(H,33,37). The lowest BCUT2D eigenvalue weighted by Crippen LogP contribution is -2.25. The smallest absolute Gasteiger partial charge is 0.251 e. The second-order valence-corrected chi connectivity index (χ2v) is 10.3. The lowest BCUT2D eigenvalue weighted by atomic mass is 10.0. The average molecular weight is 496 g/mol. The van der Waals surface area contributed by atoms with Crippen LogP contribution in [0.2, 0.25) is 0 Å². The Morgan fingerprint density at radius 1 is 1.03 bits per heavy atom. The first-order valence-electron chi connectivity index (χ1n) is 13.0. The SMILES string of the molecule is CC(=O)CCc1ccc(-c2cn3c(-c4ccc(C(=O)NC5CC5)cc4)cnc3c(NCC(C)C)n2)cc1. The maximum absolute atomic E-state index is 12.4. The van der Waals surface area contributed by atoms with Gasteiger partial charge in [0.05, 0.1) is 17.6 Å². The van der Waals surface area contributed by atoms with Crippen LogP contribution in [0.15, 0.2) is 60.9 Å². The van der Waals surface area contributed by atoms with Crippen LogP contribution < -0.4 is 10.6 Å². The molecule has 0 atom stereocenters. The van der Waals surface area contributed by atoms with Gasteiger partial charge in [-0.05, 0) is 49.8 Å². The molecule has 0 aliphatic heterocycles. The molecule has 2 heterocycles. The molecule has 37 heavy (non-hydrogen) atoms. The van der Waals surface area contributed by atoms with Crippen molar-refractivity contribution in [2.45, 2.75) is 52.5 Å². The van der Waals surface area contributed by atoms with E-state index in [0.717, 1.165) is 65.4 Å². The highest BCUT2D eigenvalue weighted by atomic mass is 16.1. The zero-order chi connectivity index (χ0) is 25.9. The summed E-state index contributed by atoms with van der Waals surface area (Å²) in [7, 11) is 0. The fourth-order valence-corrected chi connectivity index (χ4v) is 4.21. The fraction of sp³-hybridized carbons (Fsp3) is 0.333. The van der Waals surface area contributed by atoms with Crippen LogP contribution in [0.3, 0.4) is 0 Å². The summed E-state index contributed by atoms with van der Waals surface area (Å²) in [5, 5.41) is 6.51. The molecule has 4 aromatic rings. The van der Waals surface area contributed by atoms with E-state index in [4.69, 9.17) is 9.97 Å². The summed E-state index contributed by atoms with van der Waals surface area (Å²) in [6.07, 6.45) is 7.28.